The maximum atomic E-state index is 13.2. The number of anilines is 3. The summed E-state index contributed by atoms with van der Waals surface area (Å²) in [5.41, 5.74) is 1.26. The second-order valence-corrected chi connectivity index (χ2v) is 7.20. The van der Waals surface area contributed by atoms with Crippen molar-refractivity contribution in [1.29, 1.82) is 0 Å². The van der Waals surface area contributed by atoms with Crippen LogP contribution in [0.1, 0.15) is 15.9 Å². The highest BCUT2D eigenvalue weighted by Crippen LogP contribution is 2.42. The Hall–Kier alpha value is -4.26. The van der Waals surface area contributed by atoms with E-state index in [1.165, 1.54) is 36.2 Å². The molecule has 1 aliphatic rings. The molecule has 0 fully saturated rings. The fourth-order valence-corrected chi connectivity index (χ4v) is 3.19. The summed E-state index contributed by atoms with van der Waals surface area (Å²) in [6.45, 7) is 0.206. The van der Waals surface area contributed by atoms with E-state index >= 15 is 0 Å². The van der Waals surface area contributed by atoms with Crippen molar-refractivity contribution in [2.75, 3.05) is 29.7 Å². The number of benzene rings is 1. The van der Waals surface area contributed by atoms with E-state index in [1.807, 2.05) is 0 Å². The van der Waals surface area contributed by atoms with Crippen molar-refractivity contribution in [3.8, 4) is 11.5 Å². The Kier molecular flexibility index (Phi) is 6.27. The van der Waals surface area contributed by atoms with Gasteiger partial charge in [0.25, 0.3) is 11.8 Å². The summed E-state index contributed by atoms with van der Waals surface area (Å²) in [4.78, 5) is 28.6. The molecule has 11 nitrogen and oxygen atoms in total. The minimum Gasteiger partial charge on any atom is -0.395 e. The molecular formula is C21H20F2N6O5. The van der Waals surface area contributed by atoms with Gasteiger partial charge in [-0.15, -0.1) is 8.78 Å². The number of hydrogen-bond donors (Lipinski definition) is 3. The lowest BCUT2D eigenvalue weighted by Crippen LogP contribution is -2.25. The Bertz CT molecular complexity index is 1230. The summed E-state index contributed by atoms with van der Waals surface area (Å²) in [6, 6.07) is 7.37. The summed E-state index contributed by atoms with van der Waals surface area (Å²) in [7, 11) is 3.07. The zero-order valence-electron chi connectivity index (χ0n) is 18.1. The van der Waals surface area contributed by atoms with Gasteiger partial charge in [-0.1, -0.05) is 0 Å². The molecular weight excluding hydrogens is 454 g/mol. The number of ether oxygens (including phenoxy) is 3. The van der Waals surface area contributed by atoms with Crippen molar-refractivity contribution >= 4 is 29.1 Å². The van der Waals surface area contributed by atoms with Crippen LogP contribution < -0.4 is 25.4 Å². The van der Waals surface area contributed by atoms with Gasteiger partial charge in [-0.25, -0.2) is 4.98 Å². The largest absolute Gasteiger partial charge is 0.586 e. The van der Waals surface area contributed by atoms with Crippen LogP contribution >= 0.6 is 0 Å². The van der Waals surface area contributed by atoms with Gasteiger partial charge in [0.1, 0.15) is 23.8 Å². The van der Waals surface area contributed by atoms with Crippen molar-refractivity contribution < 1.29 is 32.6 Å². The standard InChI is InChI=1S/C21H20F2N6O5/c1-29-19(25-9-12-5-6-24-17(7-12)28-18(30)11-32-2)14(10-26-29)20(31)27-13-3-4-15-16(8-13)34-21(22,23)33-15/h3-8,10,25H,9,11H2,1-2H3,(H,27,31)(H,24,28,30). The average Bonchev–Trinajstić information content (AvgIpc) is 3.29. The van der Waals surface area contributed by atoms with Crippen LogP contribution in [-0.2, 0) is 23.1 Å². The number of halogens is 2. The molecule has 0 radical (unpaired) electrons. The number of alkyl halides is 2. The van der Waals surface area contributed by atoms with Crippen molar-refractivity contribution in [3.63, 3.8) is 0 Å². The number of aromatic nitrogens is 3. The number of rotatable bonds is 8. The molecule has 178 valence electrons. The van der Waals surface area contributed by atoms with Gasteiger partial charge in [-0.3, -0.25) is 14.3 Å². The van der Waals surface area contributed by atoms with Crippen LogP contribution in [0.15, 0.2) is 42.7 Å². The summed E-state index contributed by atoms with van der Waals surface area (Å²) in [5.74, 6) is -0.369. The molecule has 0 spiro atoms. The first-order valence-corrected chi connectivity index (χ1v) is 9.95. The first-order chi connectivity index (χ1) is 16.2. The molecule has 1 aromatic carbocycles. The SMILES string of the molecule is COCC(=O)Nc1cc(CNc2c(C(=O)Nc3ccc4c(c3)OC(F)(F)O4)cnn2C)ccn1. The minimum absolute atomic E-state index is 0.0938. The predicted molar refractivity (Wildman–Crippen MR) is 116 cm³/mol. The molecule has 34 heavy (non-hydrogen) atoms. The highest BCUT2D eigenvalue weighted by atomic mass is 19.3. The Morgan fingerprint density at radius 3 is 2.74 bits per heavy atom. The van der Waals surface area contributed by atoms with Gasteiger partial charge < -0.3 is 30.2 Å². The molecule has 1 aliphatic heterocycles. The van der Waals surface area contributed by atoms with E-state index in [0.29, 0.717) is 18.2 Å². The summed E-state index contributed by atoms with van der Waals surface area (Å²) in [5, 5.41) is 12.5. The third-order valence-electron chi connectivity index (χ3n) is 4.67. The lowest BCUT2D eigenvalue weighted by molar-refractivity contribution is -0.286. The molecule has 13 heteroatoms. The number of methoxy groups -OCH3 is 1. The Balaban J connectivity index is 1.43. The van der Waals surface area contributed by atoms with Gasteiger partial charge in [0.2, 0.25) is 0 Å². The molecule has 0 unspecified atom stereocenters. The number of nitrogens with one attached hydrogen (secondary N) is 3. The van der Waals surface area contributed by atoms with Crippen molar-refractivity contribution in [2.24, 2.45) is 7.05 Å². The van der Waals surface area contributed by atoms with E-state index < -0.39 is 12.2 Å². The van der Waals surface area contributed by atoms with Crippen LogP contribution in [0.25, 0.3) is 0 Å². The quantitative estimate of drug-likeness (QED) is 0.455. The number of nitrogens with zero attached hydrogens (tertiary/aromatic N) is 3. The molecule has 0 atom stereocenters. The Morgan fingerprint density at radius 2 is 1.94 bits per heavy atom. The van der Waals surface area contributed by atoms with E-state index in [1.54, 1.807) is 25.4 Å². The van der Waals surface area contributed by atoms with Crippen molar-refractivity contribution in [2.45, 2.75) is 12.8 Å². The monoisotopic (exact) mass is 474 g/mol. The Labute approximate surface area is 192 Å². The maximum Gasteiger partial charge on any atom is 0.586 e. The van der Waals surface area contributed by atoms with Crippen LogP contribution in [0.5, 0.6) is 11.5 Å². The number of hydrogen-bond acceptors (Lipinski definition) is 8. The zero-order chi connectivity index (χ0) is 24.3. The first kappa shape index (κ1) is 22.9. The minimum atomic E-state index is -3.75. The van der Waals surface area contributed by atoms with Gasteiger partial charge in [0, 0.05) is 38.7 Å². The maximum absolute atomic E-state index is 13.2. The van der Waals surface area contributed by atoms with E-state index in [0.717, 1.165) is 5.56 Å². The second-order valence-electron chi connectivity index (χ2n) is 7.20. The molecule has 0 saturated carbocycles. The van der Waals surface area contributed by atoms with Gasteiger partial charge >= 0.3 is 6.29 Å². The molecule has 0 bridgehead atoms. The molecule has 4 rings (SSSR count). The first-order valence-electron chi connectivity index (χ1n) is 9.95. The van der Waals surface area contributed by atoms with E-state index in [2.05, 4.69) is 35.5 Å². The van der Waals surface area contributed by atoms with Crippen LogP contribution in [0, 0.1) is 0 Å². The molecule has 3 aromatic rings. The Morgan fingerprint density at radius 1 is 1.15 bits per heavy atom. The lowest BCUT2D eigenvalue weighted by atomic mass is 10.2. The summed E-state index contributed by atoms with van der Waals surface area (Å²) >= 11 is 0. The molecule has 3 heterocycles. The number of carbonyl (C=O) groups is 2. The van der Waals surface area contributed by atoms with E-state index in [-0.39, 0.29) is 35.3 Å². The second kappa shape index (κ2) is 9.31. The van der Waals surface area contributed by atoms with Gasteiger partial charge in [0.05, 0.1) is 6.20 Å². The fourth-order valence-electron chi connectivity index (χ4n) is 3.19. The van der Waals surface area contributed by atoms with Gasteiger partial charge in [0.15, 0.2) is 11.5 Å². The summed E-state index contributed by atoms with van der Waals surface area (Å²) in [6.07, 6.45) is -0.827. The predicted octanol–water partition coefficient (Wildman–Crippen LogP) is 2.59. The highest BCUT2D eigenvalue weighted by Gasteiger charge is 2.43. The molecule has 2 amide bonds. The number of aryl methyl sites for hydroxylation is 1. The number of carbonyl (C=O) groups excluding carboxylic acids is 2. The highest BCUT2D eigenvalue weighted by molar-refractivity contribution is 6.07. The van der Waals surface area contributed by atoms with Crippen molar-refractivity contribution in [1.82, 2.24) is 14.8 Å². The van der Waals surface area contributed by atoms with E-state index in [4.69, 9.17) is 4.74 Å². The number of pyridine rings is 1. The van der Waals surface area contributed by atoms with Crippen molar-refractivity contribution in [3.05, 3.63) is 53.9 Å². The van der Waals surface area contributed by atoms with Crippen LogP contribution in [0.3, 0.4) is 0 Å². The van der Waals surface area contributed by atoms with Crippen LogP contribution in [0.2, 0.25) is 0 Å². The average molecular weight is 474 g/mol. The third-order valence-corrected chi connectivity index (χ3v) is 4.67. The number of fused-ring (bicyclic) bond motifs is 1. The molecule has 0 saturated heterocycles. The molecule has 2 aromatic heterocycles. The smallest absolute Gasteiger partial charge is 0.395 e. The van der Waals surface area contributed by atoms with Crippen LogP contribution in [0.4, 0.5) is 26.1 Å². The van der Waals surface area contributed by atoms with Gasteiger partial charge in [-0.05, 0) is 29.8 Å². The normalized spacial score (nSPS) is 13.4. The van der Waals surface area contributed by atoms with E-state index in [9.17, 15) is 18.4 Å². The fraction of sp³-hybridized carbons (Fsp3) is 0.238. The lowest BCUT2D eigenvalue weighted by Gasteiger charge is -2.11. The number of amides is 2. The van der Waals surface area contributed by atoms with Gasteiger partial charge in [-0.2, -0.15) is 5.10 Å². The topological polar surface area (TPSA) is 129 Å². The molecule has 3 N–H and O–H groups in total. The zero-order valence-corrected chi connectivity index (χ0v) is 18.1. The summed E-state index contributed by atoms with van der Waals surface area (Å²) < 4.78 is 41.5. The molecule has 0 aliphatic carbocycles. The third kappa shape index (κ3) is 5.20. The van der Waals surface area contributed by atoms with Crippen LogP contribution in [-0.4, -0.2) is 46.6 Å².